The largest absolute Gasteiger partial charge is 0.369 e. The minimum atomic E-state index is 0.0125. The molecule has 20 heavy (non-hydrogen) atoms. The van der Waals surface area contributed by atoms with Gasteiger partial charge in [-0.15, -0.1) is 0 Å². The molecule has 2 rings (SSSR count). The Kier molecular flexibility index (Phi) is 5.08. The molecule has 1 unspecified atom stereocenters. The topological polar surface area (TPSA) is 41.6 Å². The van der Waals surface area contributed by atoms with Crippen LogP contribution in [0, 0.1) is 0 Å². The first-order valence-corrected chi connectivity index (χ1v) is 8.22. The molecule has 0 saturated carbocycles. The first-order chi connectivity index (χ1) is 9.57. The van der Waals surface area contributed by atoms with E-state index in [2.05, 4.69) is 51.8 Å². The lowest BCUT2D eigenvalue weighted by Crippen LogP contribution is -2.50. The zero-order chi connectivity index (χ0) is 14.6. The monoisotopic (exact) mass is 337 g/mol. The van der Waals surface area contributed by atoms with Gasteiger partial charge in [0.25, 0.3) is 0 Å². The molecule has 0 amide bonds. The fourth-order valence-electron chi connectivity index (χ4n) is 2.85. The zero-order valence-corrected chi connectivity index (χ0v) is 14.0. The number of nitrogens with two attached hydrogens (primary N) is 1. The number of unbranched alkanes of at least 4 members (excludes halogenated alkanes) is 3. The summed E-state index contributed by atoms with van der Waals surface area (Å²) in [5.41, 5.74) is 7.26. The molecule has 2 N–H and O–H groups in total. The van der Waals surface area contributed by atoms with Crippen molar-refractivity contribution in [3.05, 3.63) is 28.7 Å². The quantitative estimate of drug-likeness (QED) is 0.785. The van der Waals surface area contributed by atoms with Gasteiger partial charge >= 0.3 is 0 Å². The Labute approximate surface area is 130 Å². The summed E-state index contributed by atoms with van der Waals surface area (Å²) >= 11 is 3.53. The van der Waals surface area contributed by atoms with E-state index >= 15 is 0 Å². The van der Waals surface area contributed by atoms with Gasteiger partial charge in [-0.3, -0.25) is 4.99 Å². The first-order valence-electron chi connectivity index (χ1n) is 7.42. The maximum Gasteiger partial charge on any atom is 0.196 e. The highest BCUT2D eigenvalue weighted by molar-refractivity contribution is 9.10. The second kappa shape index (κ2) is 6.61. The average molecular weight is 338 g/mol. The Morgan fingerprint density at radius 3 is 2.85 bits per heavy atom. The summed E-state index contributed by atoms with van der Waals surface area (Å²) in [5.74, 6) is 0.640. The second-order valence-corrected chi connectivity index (χ2v) is 6.71. The summed E-state index contributed by atoms with van der Waals surface area (Å²) in [7, 11) is 0. The van der Waals surface area contributed by atoms with Crippen molar-refractivity contribution in [3.63, 3.8) is 0 Å². The van der Waals surface area contributed by atoms with Crippen LogP contribution in [0.3, 0.4) is 0 Å². The molecule has 0 aliphatic carbocycles. The van der Waals surface area contributed by atoms with Crippen molar-refractivity contribution in [2.75, 3.05) is 11.4 Å². The maximum atomic E-state index is 6.13. The van der Waals surface area contributed by atoms with E-state index < -0.39 is 0 Å². The van der Waals surface area contributed by atoms with E-state index in [4.69, 9.17) is 5.73 Å². The third-order valence-corrected chi connectivity index (χ3v) is 4.48. The molecular weight excluding hydrogens is 314 g/mol. The summed E-state index contributed by atoms with van der Waals surface area (Å²) in [6.07, 6.45) is 6.23. The number of guanidine groups is 1. The van der Waals surface area contributed by atoms with Crippen LogP contribution < -0.4 is 10.6 Å². The maximum absolute atomic E-state index is 6.13. The van der Waals surface area contributed by atoms with Crippen LogP contribution in [-0.2, 0) is 0 Å². The Hall–Kier alpha value is -1.03. The summed E-state index contributed by atoms with van der Waals surface area (Å²) < 4.78 is 1.07. The van der Waals surface area contributed by atoms with Gasteiger partial charge in [-0.25, -0.2) is 0 Å². The highest BCUT2D eigenvalue weighted by Gasteiger charge is 2.38. The zero-order valence-electron chi connectivity index (χ0n) is 12.4. The van der Waals surface area contributed by atoms with Crippen LogP contribution in [0.15, 0.2) is 33.7 Å². The first kappa shape index (κ1) is 15.4. The van der Waals surface area contributed by atoms with Crippen molar-refractivity contribution in [3.8, 4) is 0 Å². The van der Waals surface area contributed by atoms with Crippen LogP contribution in [0.2, 0.25) is 0 Å². The van der Waals surface area contributed by atoms with Gasteiger partial charge in [0.2, 0.25) is 0 Å². The van der Waals surface area contributed by atoms with Crippen LogP contribution in [0.1, 0.15) is 46.0 Å². The number of aliphatic imine (C=N–C) groups is 1. The fourth-order valence-corrected chi connectivity index (χ4v) is 3.24. The van der Waals surface area contributed by atoms with Crippen molar-refractivity contribution in [2.45, 2.75) is 51.5 Å². The molecule has 3 nitrogen and oxygen atoms in total. The molecule has 1 aromatic rings. The van der Waals surface area contributed by atoms with Crippen LogP contribution >= 0.6 is 15.9 Å². The van der Waals surface area contributed by atoms with Gasteiger partial charge in [-0.05, 0) is 31.5 Å². The molecule has 1 aliphatic rings. The lowest BCUT2D eigenvalue weighted by molar-refractivity contribution is 0.435. The smallest absolute Gasteiger partial charge is 0.196 e. The van der Waals surface area contributed by atoms with Crippen molar-refractivity contribution in [2.24, 2.45) is 10.7 Å². The molecule has 0 fully saturated rings. The van der Waals surface area contributed by atoms with E-state index in [9.17, 15) is 0 Å². The van der Waals surface area contributed by atoms with Crippen molar-refractivity contribution in [1.29, 1.82) is 0 Å². The van der Waals surface area contributed by atoms with Gasteiger partial charge in [0.1, 0.15) is 0 Å². The van der Waals surface area contributed by atoms with Gasteiger partial charge in [0, 0.05) is 10.2 Å². The number of rotatable bonds is 6. The van der Waals surface area contributed by atoms with E-state index in [1.54, 1.807) is 0 Å². The Morgan fingerprint density at radius 2 is 2.15 bits per heavy atom. The fraction of sp³-hybridized carbons (Fsp3) is 0.562. The Bertz CT molecular complexity index is 486. The Morgan fingerprint density at radius 1 is 1.35 bits per heavy atom. The van der Waals surface area contributed by atoms with E-state index in [1.165, 1.54) is 25.7 Å². The SMILES string of the molecule is CCCCCCC1(C)CN=C(N)N1c1cccc(Br)c1. The lowest BCUT2D eigenvalue weighted by Gasteiger charge is -2.36. The van der Waals surface area contributed by atoms with E-state index in [0.717, 1.165) is 23.1 Å². The Balaban J connectivity index is 2.13. The minimum Gasteiger partial charge on any atom is -0.369 e. The highest BCUT2D eigenvalue weighted by Crippen LogP contribution is 2.33. The number of anilines is 1. The third kappa shape index (κ3) is 3.35. The number of nitrogens with zero attached hydrogens (tertiary/aromatic N) is 2. The molecule has 1 heterocycles. The summed E-state index contributed by atoms with van der Waals surface area (Å²) in [5, 5.41) is 0. The van der Waals surface area contributed by atoms with Crippen molar-refractivity contribution in [1.82, 2.24) is 0 Å². The van der Waals surface area contributed by atoms with Crippen LogP contribution in [0.25, 0.3) is 0 Å². The molecule has 0 saturated heterocycles. The van der Waals surface area contributed by atoms with Crippen LogP contribution in [0.5, 0.6) is 0 Å². The number of benzene rings is 1. The number of halogens is 1. The van der Waals surface area contributed by atoms with Gasteiger partial charge in [-0.1, -0.05) is 54.6 Å². The molecule has 0 bridgehead atoms. The predicted octanol–water partition coefficient (Wildman–Crippen LogP) is 4.31. The van der Waals surface area contributed by atoms with Crippen molar-refractivity contribution >= 4 is 27.6 Å². The highest BCUT2D eigenvalue weighted by atomic mass is 79.9. The molecule has 1 aromatic carbocycles. The van der Waals surface area contributed by atoms with Gasteiger partial charge in [0.15, 0.2) is 5.96 Å². The van der Waals surface area contributed by atoms with Crippen LogP contribution in [0.4, 0.5) is 5.69 Å². The molecule has 0 aromatic heterocycles. The second-order valence-electron chi connectivity index (χ2n) is 5.80. The van der Waals surface area contributed by atoms with Crippen LogP contribution in [-0.4, -0.2) is 18.0 Å². The number of hydrogen-bond acceptors (Lipinski definition) is 3. The average Bonchev–Trinajstić information content (AvgIpc) is 2.71. The summed E-state index contributed by atoms with van der Waals surface area (Å²) in [4.78, 5) is 6.68. The molecule has 110 valence electrons. The van der Waals surface area contributed by atoms with Crippen molar-refractivity contribution < 1.29 is 0 Å². The minimum absolute atomic E-state index is 0.0125. The molecule has 1 atom stereocenters. The molecule has 0 radical (unpaired) electrons. The van der Waals surface area contributed by atoms with E-state index in [0.29, 0.717) is 5.96 Å². The number of hydrogen-bond donors (Lipinski definition) is 1. The predicted molar refractivity (Wildman–Crippen MR) is 90.3 cm³/mol. The standard InChI is InChI=1S/C16H24BrN3/c1-3-4-5-6-10-16(2)12-19-15(18)20(16)14-9-7-8-13(17)11-14/h7-9,11H,3-6,10,12H2,1-2H3,(H2,18,19). The third-order valence-electron chi connectivity index (χ3n) is 3.99. The summed E-state index contributed by atoms with van der Waals surface area (Å²) in [6, 6.07) is 8.29. The van der Waals surface area contributed by atoms with E-state index in [-0.39, 0.29) is 5.54 Å². The van der Waals surface area contributed by atoms with Gasteiger partial charge < -0.3 is 10.6 Å². The molecule has 0 spiro atoms. The molecular formula is C16H24BrN3. The molecule has 1 aliphatic heterocycles. The van der Waals surface area contributed by atoms with Gasteiger partial charge in [0.05, 0.1) is 12.1 Å². The molecule has 4 heteroatoms. The lowest BCUT2D eigenvalue weighted by atomic mass is 9.92. The summed E-state index contributed by atoms with van der Waals surface area (Å²) in [6.45, 7) is 5.30. The normalized spacial score (nSPS) is 22.1. The van der Waals surface area contributed by atoms with Gasteiger partial charge in [-0.2, -0.15) is 0 Å². The van der Waals surface area contributed by atoms with E-state index in [1.807, 2.05) is 12.1 Å².